The maximum absolute atomic E-state index is 12.0. The number of aliphatic carboxylic acids is 1. The Bertz CT molecular complexity index is 305. The molecule has 1 unspecified atom stereocenters. The molecule has 3 N–H and O–H groups in total. The number of hydrogen-bond acceptors (Lipinski definition) is 3. The Labute approximate surface area is 107 Å². The Balaban J connectivity index is 1.73. The topological polar surface area (TPSA) is 78.4 Å². The molecule has 18 heavy (non-hydrogen) atoms. The first-order valence-corrected chi connectivity index (χ1v) is 6.93. The Kier molecular flexibility index (Phi) is 4.58. The van der Waals surface area contributed by atoms with Gasteiger partial charge in [0.2, 0.25) is 5.91 Å². The Hall–Kier alpha value is -1.10. The average molecular weight is 254 g/mol. The predicted molar refractivity (Wildman–Crippen MR) is 67.2 cm³/mol. The molecule has 0 aromatic heterocycles. The number of carboxylic acids is 1. The van der Waals surface area contributed by atoms with Gasteiger partial charge in [0.1, 0.15) is 0 Å². The quantitative estimate of drug-likeness (QED) is 0.699. The molecule has 0 aromatic carbocycles. The highest BCUT2D eigenvalue weighted by Gasteiger charge is 2.28. The van der Waals surface area contributed by atoms with Gasteiger partial charge in [-0.1, -0.05) is 6.42 Å². The molecular weight excluding hydrogens is 232 g/mol. The Morgan fingerprint density at radius 3 is 2.33 bits per heavy atom. The highest BCUT2D eigenvalue weighted by atomic mass is 16.4. The molecule has 1 aliphatic heterocycles. The lowest BCUT2D eigenvalue weighted by molar-refractivity contribution is -0.142. The molecule has 0 spiro atoms. The fourth-order valence-electron chi connectivity index (χ4n) is 2.86. The summed E-state index contributed by atoms with van der Waals surface area (Å²) in [6.07, 6.45) is 6.10. The van der Waals surface area contributed by atoms with Crippen molar-refractivity contribution in [2.45, 2.75) is 57.0 Å². The van der Waals surface area contributed by atoms with Crippen molar-refractivity contribution in [1.29, 1.82) is 0 Å². The molecule has 5 nitrogen and oxygen atoms in total. The van der Waals surface area contributed by atoms with Crippen LogP contribution in [0.1, 0.15) is 44.9 Å². The molecular formula is C13H22N2O3. The van der Waals surface area contributed by atoms with Crippen molar-refractivity contribution in [2.24, 2.45) is 5.92 Å². The molecule has 1 atom stereocenters. The van der Waals surface area contributed by atoms with Crippen LogP contribution in [-0.4, -0.2) is 35.6 Å². The number of carbonyl (C=O) groups excluding carboxylic acids is 1. The fourth-order valence-corrected chi connectivity index (χ4v) is 2.86. The van der Waals surface area contributed by atoms with Crippen molar-refractivity contribution in [3.63, 3.8) is 0 Å². The van der Waals surface area contributed by atoms with Crippen LogP contribution in [0.3, 0.4) is 0 Å². The van der Waals surface area contributed by atoms with E-state index in [1.165, 1.54) is 0 Å². The highest BCUT2D eigenvalue weighted by Crippen LogP contribution is 2.24. The minimum absolute atomic E-state index is 0.0454. The van der Waals surface area contributed by atoms with E-state index in [1.807, 2.05) is 0 Å². The first kappa shape index (κ1) is 13.3. The van der Waals surface area contributed by atoms with Gasteiger partial charge in [0, 0.05) is 6.04 Å². The van der Waals surface area contributed by atoms with Crippen LogP contribution >= 0.6 is 0 Å². The van der Waals surface area contributed by atoms with Crippen LogP contribution in [0.2, 0.25) is 0 Å². The normalized spacial score (nSPS) is 32.8. The van der Waals surface area contributed by atoms with Gasteiger partial charge in [-0.2, -0.15) is 0 Å². The summed E-state index contributed by atoms with van der Waals surface area (Å²) >= 11 is 0. The lowest BCUT2D eigenvalue weighted by Crippen LogP contribution is -2.50. The van der Waals surface area contributed by atoms with Gasteiger partial charge in [-0.3, -0.25) is 9.59 Å². The van der Waals surface area contributed by atoms with Gasteiger partial charge in [-0.15, -0.1) is 0 Å². The van der Waals surface area contributed by atoms with Crippen molar-refractivity contribution < 1.29 is 14.7 Å². The van der Waals surface area contributed by atoms with Gasteiger partial charge in [-0.05, 0) is 45.1 Å². The molecule has 2 rings (SSSR count). The summed E-state index contributed by atoms with van der Waals surface area (Å²) < 4.78 is 0. The second kappa shape index (κ2) is 6.18. The molecule has 5 heteroatoms. The van der Waals surface area contributed by atoms with Crippen molar-refractivity contribution in [3.8, 4) is 0 Å². The van der Waals surface area contributed by atoms with Gasteiger partial charge in [-0.25, -0.2) is 0 Å². The first-order chi connectivity index (χ1) is 8.66. The smallest absolute Gasteiger partial charge is 0.306 e. The van der Waals surface area contributed by atoms with E-state index >= 15 is 0 Å². The van der Waals surface area contributed by atoms with E-state index in [1.54, 1.807) is 0 Å². The van der Waals surface area contributed by atoms with Crippen molar-refractivity contribution in [2.75, 3.05) is 6.54 Å². The van der Waals surface area contributed by atoms with Crippen LogP contribution in [-0.2, 0) is 9.59 Å². The van der Waals surface area contributed by atoms with Gasteiger partial charge < -0.3 is 15.7 Å². The van der Waals surface area contributed by atoms with E-state index in [9.17, 15) is 9.59 Å². The van der Waals surface area contributed by atoms with E-state index in [-0.39, 0.29) is 23.9 Å². The molecule has 102 valence electrons. The predicted octanol–water partition coefficient (Wildman–Crippen LogP) is 0.888. The lowest BCUT2D eigenvalue weighted by atomic mass is 9.86. The van der Waals surface area contributed by atoms with Crippen LogP contribution in [0.5, 0.6) is 0 Å². The van der Waals surface area contributed by atoms with Crippen LogP contribution in [0, 0.1) is 5.92 Å². The number of piperidine rings is 1. The van der Waals surface area contributed by atoms with Crippen LogP contribution in [0.25, 0.3) is 0 Å². The van der Waals surface area contributed by atoms with Crippen molar-refractivity contribution in [3.05, 3.63) is 0 Å². The third kappa shape index (κ3) is 3.45. The Morgan fingerprint density at radius 2 is 1.78 bits per heavy atom. The molecule has 1 amide bonds. The summed E-state index contributed by atoms with van der Waals surface area (Å²) in [5, 5.41) is 15.2. The van der Waals surface area contributed by atoms with Gasteiger partial charge >= 0.3 is 5.97 Å². The minimum atomic E-state index is -0.700. The molecule has 1 saturated carbocycles. The molecule has 2 aliphatic rings. The first-order valence-electron chi connectivity index (χ1n) is 6.93. The van der Waals surface area contributed by atoms with Crippen LogP contribution in [0.4, 0.5) is 0 Å². The zero-order chi connectivity index (χ0) is 13.0. The summed E-state index contributed by atoms with van der Waals surface area (Å²) in [6, 6.07) is 0.118. The zero-order valence-corrected chi connectivity index (χ0v) is 10.7. The molecule has 1 saturated heterocycles. The zero-order valence-electron chi connectivity index (χ0n) is 10.7. The molecule has 0 aromatic rings. The number of hydrogen-bond donors (Lipinski definition) is 3. The standard InChI is InChI=1S/C13H22N2O3/c16-12(11-3-1-2-8-14-11)15-10-6-4-9(5-7-10)13(17)18/h9-11,14H,1-8H2,(H,15,16)(H,17,18). The highest BCUT2D eigenvalue weighted by molar-refractivity contribution is 5.82. The summed E-state index contributed by atoms with van der Waals surface area (Å²) in [4.78, 5) is 22.8. The molecule has 2 fully saturated rings. The number of rotatable bonds is 3. The third-order valence-electron chi connectivity index (χ3n) is 4.05. The number of amides is 1. The van der Waals surface area contributed by atoms with E-state index in [0.29, 0.717) is 12.8 Å². The number of nitrogens with one attached hydrogen (secondary N) is 2. The second-order valence-corrected chi connectivity index (χ2v) is 5.40. The van der Waals surface area contributed by atoms with E-state index in [2.05, 4.69) is 10.6 Å². The summed E-state index contributed by atoms with van der Waals surface area (Å²) in [7, 11) is 0. The van der Waals surface area contributed by atoms with Gasteiger partial charge in [0.15, 0.2) is 0 Å². The minimum Gasteiger partial charge on any atom is -0.481 e. The van der Waals surface area contributed by atoms with Crippen molar-refractivity contribution >= 4 is 11.9 Å². The summed E-state index contributed by atoms with van der Waals surface area (Å²) in [6.45, 7) is 0.920. The van der Waals surface area contributed by atoms with E-state index in [4.69, 9.17) is 5.11 Å². The van der Waals surface area contributed by atoms with E-state index in [0.717, 1.165) is 38.6 Å². The average Bonchev–Trinajstić information content (AvgIpc) is 2.40. The number of carbonyl (C=O) groups is 2. The molecule has 0 radical (unpaired) electrons. The lowest BCUT2D eigenvalue weighted by Gasteiger charge is -2.29. The monoisotopic (exact) mass is 254 g/mol. The number of carboxylic acid groups (broad SMARTS) is 1. The maximum atomic E-state index is 12.0. The van der Waals surface area contributed by atoms with Gasteiger partial charge in [0.05, 0.1) is 12.0 Å². The summed E-state index contributed by atoms with van der Waals surface area (Å²) in [5.41, 5.74) is 0. The Morgan fingerprint density at radius 1 is 1.06 bits per heavy atom. The largest absolute Gasteiger partial charge is 0.481 e. The van der Waals surface area contributed by atoms with Crippen molar-refractivity contribution in [1.82, 2.24) is 10.6 Å². The molecule has 0 bridgehead atoms. The maximum Gasteiger partial charge on any atom is 0.306 e. The van der Waals surface area contributed by atoms with Crippen LogP contribution < -0.4 is 10.6 Å². The van der Waals surface area contributed by atoms with Crippen LogP contribution in [0.15, 0.2) is 0 Å². The fraction of sp³-hybridized carbons (Fsp3) is 0.846. The van der Waals surface area contributed by atoms with Gasteiger partial charge in [0.25, 0.3) is 0 Å². The second-order valence-electron chi connectivity index (χ2n) is 5.40. The molecule has 1 aliphatic carbocycles. The molecule has 1 heterocycles. The third-order valence-corrected chi connectivity index (χ3v) is 4.05. The summed E-state index contributed by atoms with van der Waals surface area (Å²) in [5.74, 6) is -0.826. The van der Waals surface area contributed by atoms with E-state index < -0.39 is 5.97 Å². The SMILES string of the molecule is O=C(O)C1CCC(NC(=O)C2CCCCN2)CC1.